The lowest BCUT2D eigenvalue weighted by molar-refractivity contribution is -0.145. The quantitative estimate of drug-likeness (QED) is 0.678. The predicted molar refractivity (Wildman–Crippen MR) is 70.8 cm³/mol. The lowest BCUT2D eigenvalue weighted by Gasteiger charge is -2.28. The van der Waals surface area contributed by atoms with Gasteiger partial charge >= 0.3 is 5.97 Å². The van der Waals surface area contributed by atoms with Crippen molar-refractivity contribution in [2.24, 2.45) is 0 Å². The Hall–Kier alpha value is -0.650. The second-order valence-corrected chi connectivity index (χ2v) is 5.04. The average molecular weight is 258 g/mol. The number of carbonyl (C=O) groups is 1. The number of likely N-dealkylation sites (N-methyl/N-ethyl adjacent to an activating group) is 1. The molecule has 1 aliphatic rings. The molecule has 2 unspecified atom stereocenters. The van der Waals surface area contributed by atoms with Gasteiger partial charge in [0.1, 0.15) is 5.54 Å². The number of aliphatic carboxylic acids is 1. The van der Waals surface area contributed by atoms with Crippen LogP contribution in [0.1, 0.15) is 32.6 Å². The summed E-state index contributed by atoms with van der Waals surface area (Å²) in [5.74, 6) is -0.747. The van der Waals surface area contributed by atoms with Crippen molar-refractivity contribution < 1.29 is 14.6 Å². The summed E-state index contributed by atoms with van der Waals surface area (Å²) in [5.41, 5.74) is -0.764. The number of ether oxygens (including phenoxy) is 1. The lowest BCUT2D eigenvalue weighted by Crippen LogP contribution is -2.50. The molecule has 0 bridgehead atoms. The third-order valence-corrected chi connectivity index (χ3v) is 4.13. The Morgan fingerprint density at radius 2 is 2.33 bits per heavy atom. The maximum atomic E-state index is 11.3. The van der Waals surface area contributed by atoms with Crippen molar-refractivity contribution in [1.82, 2.24) is 10.2 Å². The van der Waals surface area contributed by atoms with Crippen LogP contribution < -0.4 is 5.32 Å². The minimum atomic E-state index is -0.764. The van der Waals surface area contributed by atoms with Gasteiger partial charge in [-0.3, -0.25) is 4.79 Å². The van der Waals surface area contributed by atoms with E-state index in [0.29, 0.717) is 18.9 Å². The molecule has 5 heteroatoms. The molecule has 106 valence electrons. The van der Waals surface area contributed by atoms with Crippen LogP contribution in [-0.4, -0.2) is 61.4 Å². The zero-order valence-corrected chi connectivity index (χ0v) is 11.7. The van der Waals surface area contributed by atoms with E-state index in [1.807, 2.05) is 6.92 Å². The molecule has 0 aromatic rings. The molecule has 0 amide bonds. The van der Waals surface area contributed by atoms with Crippen LogP contribution in [0.5, 0.6) is 0 Å². The number of nitrogens with zero attached hydrogens (tertiary/aromatic N) is 1. The fraction of sp³-hybridized carbons (Fsp3) is 0.923. The minimum absolute atomic E-state index is 0.352. The highest BCUT2D eigenvalue weighted by atomic mass is 16.5. The van der Waals surface area contributed by atoms with E-state index < -0.39 is 11.5 Å². The van der Waals surface area contributed by atoms with Crippen molar-refractivity contribution in [1.29, 1.82) is 0 Å². The van der Waals surface area contributed by atoms with Gasteiger partial charge in [-0.15, -0.1) is 0 Å². The molecule has 0 aromatic heterocycles. The normalized spacial score (nSPS) is 24.1. The number of rotatable bonds is 8. The Labute approximate surface area is 109 Å². The van der Waals surface area contributed by atoms with E-state index in [4.69, 9.17) is 4.74 Å². The van der Waals surface area contributed by atoms with Crippen LogP contribution >= 0.6 is 0 Å². The molecule has 1 fully saturated rings. The molecule has 0 spiro atoms. The van der Waals surface area contributed by atoms with Crippen LogP contribution in [0.3, 0.4) is 0 Å². The SMILES string of the molecule is CCC(CCCN1CCC(OC)C1)(NC)C(=O)O. The third-order valence-electron chi connectivity index (χ3n) is 4.13. The van der Waals surface area contributed by atoms with E-state index in [0.717, 1.165) is 32.5 Å². The third kappa shape index (κ3) is 3.67. The first-order valence-electron chi connectivity index (χ1n) is 6.75. The molecule has 5 nitrogen and oxygen atoms in total. The Morgan fingerprint density at radius 1 is 1.61 bits per heavy atom. The standard InChI is InChI=1S/C13H26N2O3/c1-4-13(14-2,12(16)17)7-5-8-15-9-6-11(10-15)18-3/h11,14H,4-10H2,1-3H3,(H,16,17). The van der Waals surface area contributed by atoms with Crippen molar-refractivity contribution in [2.75, 3.05) is 33.8 Å². The van der Waals surface area contributed by atoms with Crippen LogP contribution in [0.25, 0.3) is 0 Å². The van der Waals surface area contributed by atoms with E-state index >= 15 is 0 Å². The summed E-state index contributed by atoms with van der Waals surface area (Å²) in [4.78, 5) is 13.7. The molecule has 1 rings (SSSR count). The molecule has 0 saturated carbocycles. The Morgan fingerprint density at radius 3 is 2.78 bits per heavy atom. The van der Waals surface area contributed by atoms with Crippen molar-refractivity contribution in [2.45, 2.75) is 44.2 Å². The molecule has 1 aliphatic heterocycles. The molecule has 0 aromatic carbocycles. The highest BCUT2D eigenvalue weighted by Crippen LogP contribution is 2.19. The second kappa shape index (κ2) is 7.07. The summed E-state index contributed by atoms with van der Waals surface area (Å²) in [6.45, 7) is 4.91. The molecule has 2 atom stereocenters. The smallest absolute Gasteiger partial charge is 0.323 e. The van der Waals surface area contributed by atoms with E-state index in [1.54, 1.807) is 14.2 Å². The second-order valence-electron chi connectivity index (χ2n) is 5.04. The molecule has 1 heterocycles. The zero-order valence-electron chi connectivity index (χ0n) is 11.7. The van der Waals surface area contributed by atoms with E-state index in [-0.39, 0.29) is 0 Å². The maximum Gasteiger partial charge on any atom is 0.323 e. The van der Waals surface area contributed by atoms with Gasteiger partial charge in [0.05, 0.1) is 6.10 Å². The van der Waals surface area contributed by atoms with Crippen LogP contribution in [-0.2, 0) is 9.53 Å². The number of methoxy groups -OCH3 is 1. The predicted octanol–water partition coefficient (Wildman–Crippen LogP) is 0.940. The summed E-state index contributed by atoms with van der Waals surface area (Å²) in [5, 5.41) is 12.3. The summed E-state index contributed by atoms with van der Waals surface area (Å²) in [7, 11) is 3.48. The van der Waals surface area contributed by atoms with Crippen LogP contribution in [0.15, 0.2) is 0 Å². The van der Waals surface area contributed by atoms with Crippen molar-refractivity contribution in [3.05, 3.63) is 0 Å². The number of hydrogen-bond acceptors (Lipinski definition) is 4. The Bertz CT molecular complexity index is 267. The first-order valence-corrected chi connectivity index (χ1v) is 6.75. The Balaban J connectivity index is 2.34. The van der Waals surface area contributed by atoms with Crippen LogP contribution in [0, 0.1) is 0 Å². The number of nitrogens with one attached hydrogen (secondary N) is 1. The van der Waals surface area contributed by atoms with Gasteiger partial charge in [-0.25, -0.2) is 0 Å². The van der Waals surface area contributed by atoms with Crippen molar-refractivity contribution >= 4 is 5.97 Å². The fourth-order valence-corrected chi connectivity index (χ4v) is 2.64. The first-order chi connectivity index (χ1) is 8.57. The first kappa shape index (κ1) is 15.4. The molecule has 2 N–H and O–H groups in total. The van der Waals surface area contributed by atoms with Gasteiger partial charge < -0.3 is 20.1 Å². The van der Waals surface area contributed by atoms with Gasteiger partial charge in [-0.05, 0) is 39.3 Å². The highest BCUT2D eigenvalue weighted by Gasteiger charge is 2.34. The largest absolute Gasteiger partial charge is 0.480 e. The monoisotopic (exact) mass is 258 g/mol. The number of carboxylic acids is 1. The van der Waals surface area contributed by atoms with Gasteiger partial charge in [0, 0.05) is 20.2 Å². The van der Waals surface area contributed by atoms with Gasteiger partial charge in [0.2, 0.25) is 0 Å². The van der Waals surface area contributed by atoms with E-state index in [9.17, 15) is 9.90 Å². The molecule has 0 radical (unpaired) electrons. The molecule has 18 heavy (non-hydrogen) atoms. The molecule has 0 aliphatic carbocycles. The van der Waals surface area contributed by atoms with Crippen LogP contribution in [0.2, 0.25) is 0 Å². The fourth-order valence-electron chi connectivity index (χ4n) is 2.64. The lowest BCUT2D eigenvalue weighted by atomic mass is 9.90. The summed E-state index contributed by atoms with van der Waals surface area (Å²) in [6, 6.07) is 0. The number of likely N-dealkylation sites (tertiary alicyclic amines) is 1. The summed E-state index contributed by atoms with van der Waals surface area (Å²) < 4.78 is 5.32. The molecular weight excluding hydrogens is 232 g/mol. The van der Waals surface area contributed by atoms with E-state index in [2.05, 4.69) is 10.2 Å². The Kier molecular flexibility index (Phi) is 6.05. The van der Waals surface area contributed by atoms with Gasteiger partial charge in [-0.2, -0.15) is 0 Å². The van der Waals surface area contributed by atoms with Gasteiger partial charge in [-0.1, -0.05) is 6.92 Å². The number of hydrogen-bond donors (Lipinski definition) is 2. The van der Waals surface area contributed by atoms with Crippen molar-refractivity contribution in [3.63, 3.8) is 0 Å². The summed E-state index contributed by atoms with van der Waals surface area (Å²) >= 11 is 0. The number of carboxylic acid groups (broad SMARTS) is 1. The zero-order chi connectivity index (χ0) is 13.6. The van der Waals surface area contributed by atoms with E-state index in [1.165, 1.54) is 0 Å². The minimum Gasteiger partial charge on any atom is -0.480 e. The van der Waals surface area contributed by atoms with Gasteiger partial charge in [0.15, 0.2) is 0 Å². The topological polar surface area (TPSA) is 61.8 Å². The van der Waals surface area contributed by atoms with Crippen molar-refractivity contribution in [3.8, 4) is 0 Å². The average Bonchev–Trinajstić information content (AvgIpc) is 2.82. The van der Waals surface area contributed by atoms with Crippen LogP contribution in [0.4, 0.5) is 0 Å². The highest BCUT2D eigenvalue weighted by molar-refractivity contribution is 5.78. The summed E-state index contributed by atoms with van der Waals surface area (Å²) in [6.07, 6.45) is 3.62. The van der Waals surface area contributed by atoms with Gasteiger partial charge in [0.25, 0.3) is 0 Å². The maximum absolute atomic E-state index is 11.3. The molecular formula is C13H26N2O3. The molecule has 1 saturated heterocycles.